The number of amides is 2. The molecular weight excluding hydrogens is 460 g/mol. The fourth-order valence-electron chi connectivity index (χ4n) is 4.25. The quantitative estimate of drug-likeness (QED) is 0.717. The van der Waals surface area contributed by atoms with Gasteiger partial charge in [0.1, 0.15) is 0 Å². The summed E-state index contributed by atoms with van der Waals surface area (Å²) in [6.07, 6.45) is 3.26. The highest BCUT2D eigenvalue weighted by Gasteiger charge is 2.33. The maximum Gasteiger partial charge on any atom is 0.257 e. The molecule has 1 saturated heterocycles. The number of thioether (sulfide) groups is 1. The summed E-state index contributed by atoms with van der Waals surface area (Å²) < 4.78 is 27.4. The Morgan fingerprint density at radius 2 is 1.82 bits per heavy atom. The Morgan fingerprint density at radius 1 is 1.00 bits per heavy atom. The highest BCUT2D eigenvalue weighted by molar-refractivity contribution is 8.15. The van der Waals surface area contributed by atoms with Crippen LogP contribution in [0.2, 0.25) is 0 Å². The molecule has 2 aromatic rings. The van der Waals surface area contributed by atoms with Crippen molar-refractivity contribution in [1.82, 2.24) is 10.2 Å². The van der Waals surface area contributed by atoms with E-state index in [1.807, 2.05) is 40.1 Å². The average molecular weight is 485 g/mol. The van der Waals surface area contributed by atoms with Gasteiger partial charge in [0.05, 0.1) is 11.4 Å². The lowest BCUT2D eigenvalue weighted by Crippen LogP contribution is -2.35. The first-order valence-electron chi connectivity index (χ1n) is 11.0. The Bertz CT molecular complexity index is 1250. The highest BCUT2D eigenvalue weighted by atomic mass is 32.2. The standard InChI is InChI=1S/C23H24N4O4S2/c28-21(17-7-8-19-20(14-17)32-23-25-33(30,31)12-11-27(19)23)24-15-16-5-4-6-18(13-16)22(29)26-9-2-1-3-10-26/h4-8,13-14H,1-3,9-12,15H2,(H,24,28). The van der Waals surface area contributed by atoms with Gasteiger partial charge in [0.25, 0.3) is 21.8 Å². The minimum absolute atomic E-state index is 0.0158. The summed E-state index contributed by atoms with van der Waals surface area (Å²) in [5, 5.41) is 3.35. The van der Waals surface area contributed by atoms with Crippen LogP contribution in [0.3, 0.4) is 0 Å². The molecule has 0 spiro atoms. The zero-order valence-corrected chi connectivity index (χ0v) is 19.6. The smallest absolute Gasteiger partial charge is 0.257 e. The van der Waals surface area contributed by atoms with Crippen molar-refractivity contribution >= 4 is 44.5 Å². The largest absolute Gasteiger partial charge is 0.348 e. The number of sulfonamides is 1. The molecule has 2 aromatic carbocycles. The van der Waals surface area contributed by atoms with Gasteiger partial charge in [-0.2, -0.15) is 0 Å². The third kappa shape index (κ3) is 4.63. The number of carbonyl (C=O) groups is 2. The van der Waals surface area contributed by atoms with Gasteiger partial charge in [0.15, 0.2) is 5.17 Å². The number of rotatable bonds is 4. The topological polar surface area (TPSA) is 99.1 Å². The molecule has 2 amide bonds. The van der Waals surface area contributed by atoms with Crippen LogP contribution in [0.15, 0.2) is 51.8 Å². The van der Waals surface area contributed by atoms with Gasteiger partial charge in [-0.1, -0.05) is 12.1 Å². The van der Waals surface area contributed by atoms with Gasteiger partial charge in [0, 0.05) is 42.2 Å². The van der Waals surface area contributed by atoms with Crippen molar-refractivity contribution in [3.05, 3.63) is 59.2 Å². The van der Waals surface area contributed by atoms with E-state index < -0.39 is 10.0 Å². The molecule has 3 aliphatic rings. The number of nitrogens with one attached hydrogen (secondary N) is 1. The molecule has 1 N–H and O–H groups in total. The first-order chi connectivity index (χ1) is 15.9. The normalized spacial score (nSPS) is 18.8. The number of fused-ring (bicyclic) bond motifs is 3. The number of carbonyl (C=O) groups excluding carboxylic acids is 2. The molecule has 0 aliphatic carbocycles. The molecule has 5 rings (SSSR count). The molecule has 0 aromatic heterocycles. The lowest BCUT2D eigenvalue weighted by molar-refractivity contribution is 0.0724. The number of anilines is 1. The van der Waals surface area contributed by atoms with Crippen LogP contribution in [0.1, 0.15) is 45.5 Å². The second-order valence-electron chi connectivity index (χ2n) is 8.33. The summed E-state index contributed by atoms with van der Waals surface area (Å²) in [6.45, 7) is 2.26. The Labute approximate surface area is 197 Å². The van der Waals surface area contributed by atoms with Crippen LogP contribution in [0.4, 0.5) is 5.69 Å². The maximum absolute atomic E-state index is 12.8. The number of nitrogens with zero attached hydrogens (tertiary/aromatic N) is 3. The number of hydrogen-bond acceptors (Lipinski definition) is 6. The molecule has 3 aliphatic heterocycles. The van der Waals surface area contributed by atoms with Crippen molar-refractivity contribution in [1.29, 1.82) is 0 Å². The van der Waals surface area contributed by atoms with E-state index in [2.05, 4.69) is 9.71 Å². The van der Waals surface area contributed by atoms with E-state index in [0.717, 1.165) is 42.1 Å². The number of amidine groups is 1. The van der Waals surface area contributed by atoms with E-state index in [1.54, 1.807) is 12.1 Å². The Kier molecular flexibility index (Phi) is 5.88. The Balaban J connectivity index is 1.25. The van der Waals surface area contributed by atoms with Crippen LogP contribution in [-0.2, 0) is 16.6 Å². The predicted octanol–water partition coefficient (Wildman–Crippen LogP) is 2.85. The summed E-state index contributed by atoms with van der Waals surface area (Å²) in [4.78, 5) is 30.1. The molecular formula is C23H24N4O4S2. The second kappa shape index (κ2) is 8.83. The van der Waals surface area contributed by atoms with Gasteiger partial charge in [0.2, 0.25) is 0 Å². The van der Waals surface area contributed by atoms with Crippen LogP contribution in [-0.4, -0.2) is 55.7 Å². The van der Waals surface area contributed by atoms with Gasteiger partial charge >= 0.3 is 0 Å². The number of hydrogen-bond donors (Lipinski definition) is 1. The minimum atomic E-state index is -3.42. The molecule has 0 unspecified atom stereocenters. The lowest BCUT2D eigenvalue weighted by Gasteiger charge is -2.26. The van der Waals surface area contributed by atoms with Crippen molar-refractivity contribution in [2.24, 2.45) is 4.40 Å². The van der Waals surface area contributed by atoms with Crippen LogP contribution >= 0.6 is 11.8 Å². The van der Waals surface area contributed by atoms with Crippen molar-refractivity contribution in [2.75, 3.05) is 30.3 Å². The molecule has 1 fully saturated rings. The van der Waals surface area contributed by atoms with Crippen LogP contribution in [0.25, 0.3) is 0 Å². The van der Waals surface area contributed by atoms with Crippen LogP contribution in [0.5, 0.6) is 0 Å². The number of benzene rings is 2. The molecule has 33 heavy (non-hydrogen) atoms. The van der Waals surface area contributed by atoms with Crippen molar-refractivity contribution < 1.29 is 18.0 Å². The van der Waals surface area contributed by atoms with Gasteiger partial charge < -0.3 is 15.1 Å². The van der Waals surface area contributed by atoms with Crippen molar-refractivity contribution in [3.8, 4) is 0 Å². The summed E-state index contributed by atoms with van der Waals surface area (Å²) in [5.74, 6) is -0.205. The first kappa shape index (κ1) is 22.0. The van der Waals surface area contributed by atoms with Gasteiger partial charge in [-0.25, -0.2) is 8.42 Å². The van der Waals surface area contributed by atoms with Gasteiger partial charge in [-0.15, -0.1) is 4.40 Å². The fraction of sp³-hybridized carbons (Fsp3) is 0.348. The minimum Gasteiger partial charge on any atom is -0.348 e. The number of likely N-dealkylation sites (tertiary alicyclic amines) is 1. The highest BCUT2D eigenvalue weighted by Crippen LogP contribution is 2.42. The third-order valence-electron chi connectivity index (χ3n) is 6.01. The Hall–Kier alpha value is -2.85. The van der Waals surface area contributed by atoms with E-state index >= 15 is 0 Å². The zero-order valence-electron chi connectivity index (χ0n) is 18.0. The van der Waals surface area contributed by atoms with Crippen molar-refractivity contribution in [3.63, 3.8) is 0 Å². The average Bonchev–Trinajstić information content (AvgIpc) is 3.18. The van der Waals surface area contributed by atoms with Gasteiger partial charge in [-0.3, -0.25) is 9.59 Å². The van der Waals surface area contributed by atoms with Crippen LogP contribution in [0, 0.1) is 0 Å². The third-order valence-corrected chi connectivity index (χ3v) is 8.31. The first-order valence-corrected chi connectivity index (χ1v) is 13.4. The van der Waals surface area contributed by atoms with Crippen LogP contribution < -0.4 is 10.2 Å². The molecule has 0 atom stereocenters. The molecule has 10 heteroatoms. The van der Waals surface area contributed by atoms with E-state index in [-0.39, 0.29) is 17.6 Å². The molecule has 0 radical (unpaired) electrons. The maximum atomic E-state index is 12.8. The lowest BCUT2D eigenvalue weighted by atomic mass is 10.1. The fourth-order valence-corrected chi connectivity index (χ4v) is 6.55. The van der Waals surface area contributed by atoms with Gasteiger partial charge in [-0.05, 0) is 66.9 Å². The number of piperidine rings is 1. The summed E-state index contributed by atoms with van der Waals surface area (Å²) in [5.41, 5.74) is 2.86. The van der Waals surface area contributed by atoms with E-state index in [0.29, 0.717) is 29.4 Å². The zero-order chi connectivity index (χ0) is 23.0. The molecule has 0 saturated carbocycles. The summed E-state index contributed by atoms with van der Waals surface area (Å²) in [7, 11) is -3.42. The molecule has 8 nitrogen and oxygen atoms in total. The molecule has 0 bridgehead atoms. The summed E-state index contributed by atoms with van der Waals surface area (Å²) >= 11 is 1.26. The second-order valence-corrected chi connectivity index (χ2v) is 11.1. The Morgan fingerprint density at radius 3 is 2.64 bits per heavy atom. The van der Waals surface area contributed by atoms with E-state index in [9.17, 15) is 18.0 Å². The molecule has 3 heterocycles. The molecule has 172 valence electrons. The van der Waals surface area contributed by atoms with E-state index in [4.69, 9.17) is 0 Å². The SMILES string of the molecule is O=C(NCc1cccc(C(=O)N2CCCCC2)c1)c1ccc2c(c1)SC1=NS(=O)(=O)CCN12. The van der Waals surface area contributed by atoms with E-state index in [1.165, 1.54) is 18.2 Å². The summed E-state index contributed by atoms with van der Waals surface area (Å²) in [6, 6.07) is 12.7. The van der Waals surface area contributed by atoms with Crippen molar-refractivity contribution in [2.45, 2.75) is 30.7 Å². The monoisotopic (exact) mass is 484 g/mol. The predicted molar refractivity (Wildman–Crippen MR) is 128 cm³/mol.